The van der Waals surface area contributed by atoms with Crippen molar-refractivity contribution in [2.75, 3.05) is 0 Å². The fourth-order valence-corrected chi connectivity index (χ4v) is 7.43. The van der Waals surface area contributed by atoms with Crippen LogP contribution >= 0.6 is 23.1 Å². The first-order valence-corrected chi connectivity index (χ1v) is 9.25. The molecule has 3 atom stereocenters. The molecule has 1 fully saturated rings. The van der Waals surface area contributed by atoms with Gasteiger partial charge in [0.1, 0.15) is 0 Å². The van der Waals surface area contributed by atoms with Crippen LogP contribution in [0.5, 0.6) is 0 Å². The lowest BCUT2D eigenvalue weighted by Crippen LogP contribution is -2.32. The van der Waals surface area contributed by atoms with Gasteiger partial charge in [-0.2, -0.15) is 0 Å². The second-order valence-electron chi connectivity index (χ2n) is 7.23. The summed E-state index contributed by atoms with van der Waals surface area (Å²) in [6.45, 7) is 4.98. The monoisotopic (exact) mass is 298 g/mol. The summed E-state index contributed by atoms with van der Waals surface area (Å²) in [5.74, 6) is 0. The fraction of sp³-hybridized carbons (Fsp3) is 0.444. The molecule has 1 saturated carbocycles. The number of hydrogen-bond donors (Lipinski definition) is 0. The lowest BCUT2D eigenvalue weighted by molar-refractivity contribution is 0.344. The van der Waals surface area contributed by atoms with Gasteiger partial charge in [-0.25, -0.2) is 0 Å². The van der Waals surface area contributed by atoms with Crippen LogP contribution in [0.4, 0.5) is 0 Å². The van der Waals surface area contributed by atoms with Crippen LogP contribution in [0, 0.1) is 10.8 Å². The van der Waals surface area contributed by atoms with Crippen LogP contribution in [-0.2, 0) is 6.42 Å². The third-order valence-corrected chi connectivity index (χ3v) is 8.44. The van der Waals surface area contributed by atoms with Gasteiger partial charge in [0.05, 0.1) is 0 Å². The van der Waals surface area contributed by atoms with Gasteiger partial charge in [-0.05, 0) is 47.3 Å². The van der Waals surface area contributed by atoms with E-state index in [1.54, 1.807) is 27.2 Å². The molecule has 1 aromatic heterocycles. The standard InChI is InChI=1S/C18H18S2/c1-17-4-6-20-16(17)18(2)9-12-7-11-3-5-19-15(11)14(12)8-13(18)10-17/h3-6,8,16H,7,9-10H2,1-2H3. The highest BCUT2D eigenvalue weighted by molar-refractivity contribution is 8.03. The Labute approximate surface area is 128 Å². The SMILES string of the molecule is CC12C=CSC1C1(C)CC3=C(C=C1C2)c1sccc1C3. The van der Waals surface area contributed by atoms with Crippen LogP contribution in [0.3, 0.4) is 0 Å². The molecule has 0 amide bonds. The van der Waals surface area contributed by atoms with Gasteiger partial charge in [0.25, 0.3) is 0 Å². The van der Waals surface area contributed by atoms with E-state index in [9.17, 15) is 0 Å². The predicted octanol–water partition coefficient (Wildman–Crippen LogP) is 5.43. The molecule has 0 nitrogen and oxygen atoms in total. The van der Waals surface area contributed by atoms with Crippen LogP contribution in [0.2, 0.25) is 0 Å². The summed E-state index contributed by atoms with van der Waals surface area (Å²) in [6, 6.07) is 2.32. The molecule has 0 aromatic carbocycles. The van der Waals surface area contributed by atoms with Gasteiger partial charge < -0.3 is 0 Å². The van der Waals surface area contributed by atoms with E-state index in [0.717, 1.165) is 5.25 Å². The van der Waals surface area contributed by atoms with Crippen molar-refractivity contribution in [1.29, 1.82) is 0 Å². The van der Waals surface area contributed by atoms with Crippen molar-refractivity contribution in [2.24, 2.45) is 10.8 Å². The third kappa shape index (κ3) is 1.26. The van der Waals surface area contributed by atoms with Crippen molar-refractivity contribution in [1.82, 2.24) is 0 Å². The average Bonchev–Trinajstić information content (AvgIpc) is 3.07. The summed E-state index contributed by atoms with van der Waals surface area (Å²) in [4.78, 5) is 1.56. The van der Waals surface area contributed by atoms with Gasteiger partial charge in [-0.15, -0.1) is 23.1 Å². The Bertz CT molecular complexity index is 718. The topological polar surface area (TPSA) is 0 Å². The summed E-state index contributed by atoms with van der Waals surface area (Å²) in [6.07, 6.45) is 8.78. The van der Waals surface area contributed by atoms with E-state index in [0.29, 0.717) is 10.8 Å². The molecular weight excluding hydrogens is 280 g/mol. The zero-order valence-electron chi connectivity index (χ0n) is 11.9. The zero-order valence-corrected chi connectivity index (χ0v) is 13.5. The number of fused-ring (bicyclic) bond motifs is 5. The Balaban J connectivity index is 1.65. The van der Waals surface area contributed by atoms with E-state index in [1.165, 1.54) is 19.3 Å². The highest BCUT2D eigenvalue weighted by atomic mass is 32.2. The first-order valence-electron chi connectivity index (χ1n) is 7.43. The normalized spacial score (nSPS) is 40.5. The molecule has 102 valence electrons. The second kappa shape index (κ2) is 3.53. The molecule has 2 heterocycles. The van der Waals surface area contributed by atoms with Crippen molar-refractivity contribution < 1.29 is 0 Å². The van der Waals surface area contributed by atoms with Gasteiger partial charge >= 0.3 is 0 Å². The molecule has 0 saturated heterocycles. The van der Waals surface area contributed by atoms with Crippen LogP contribution in [0.15, 0.2) is 40.2 Å². The Kier molecular flexibility index (Phi) is 2.10. The maximum Gasteiger partial charge on any atom is 0.0377 e. The van der Waals surface area contributed by atoms with E-state index >= 15 is 0 Å². The van der Waals surface area contributed by atoms with Crippen molar-refractivity contribution in [2.45, 2.75) is 38.4 Å². The Morgan fingerprint density at radius 2 is 2.15 bits per heavy atom. The van der Waals surface area contributed by atoms with Gasteiger partial charge in [0.15, 0.2) is 0 Å². The maximum atomic E-state index is 2.57. The number of hydrogen-bond acceptors (Lipinski definition) is 2. The first-order chi connectivity index (χ1) is 9.60. The van der Waals surface area contributed by atoms with E-state index < -0.39 is 0 Å². The number of rotatable bonds is 0. The number of thioether (sulfide) groups is 1. The zero-order chi connectivity index (χ0) is 13.5. The van der Waals surface area contributed by atoms with Gasteiger partial charge in [-0.3, -0.25) is 0 Å². The van der Waals surface area contributed by atoms with E-state index in [4.69, 9.17) is 0 Å². The Morgan fingerprint density at radius 1 is 1.25 bits per heavy atom. The van der Waals surface area contributed by atoms with Crippen LogP contribution < -0.4 is 0 Å². The predicted molar refractivity (Wildman–Crippen MR) is 89.0 cm³/mol. The largest absolute Gasteiger partial charge is 0.144 e. The van der Waals surface area contributed by atoms with Crippen LogP contribution in [-0.4, -0.2) is 5.25 Å². The molecule has 2 heteroatoms. The summed E-state index contributed by atoms with van der Waals surface area (Å²) in [7, 11) is 0. The molecule has 1 aliphatic heterocycles. The molecule has 0 bridgehead atoms. The van der Waals surface area contributed by atoms with Crippen molar-refractivity contribution in [3.05, 3.63) is 50.6 Å². The van der Waals surface area contributed by atoms with E-state index in [1.807, 2.05) is 11.3 Å². The summed E-state index contributed by atoms with van der Waals surface area (Å²) in [5.41, 5.74) is 7.34. The van der Waals surface area contributed by atoms with Gasteiger partial charge in [0, 0.05) is 21.0 Å². The highest BCUT2D eigenvalue weighted by Gasteiger charge is 2.57. The quantitative estimate of drug-likeness (QED) is 0.615. The lowest BCUT2D eigenvalue weighted by atomic mass is 9.72. The molecule has 0 spiro atoms. The minimum atomic E-state index is 0.385. The second-order valence-corrected chi connectivity index (χ2v) is 9.17. The Morgan fingerprint density at radius 3 is 3.05 bits per heavy atom. The summed E-state index contributed by atoms with van der Waals surface area (Å²) < 4.78 is 0. The van der Waals surface area contributed by atoms with Crippen LogP contribution in [0.1, 0.15) is 37.1 Å². The molecule has 3 unspecified atom stereocenters. The van der Waals surface area contributed by atoms with Gasteiger partial charge in [0.2, 0.25) is 0 Å². The minimum Gasteiger partial charge on any atom is -0.144 e. The summed E-state index contributed by atoms with van der Waals surface area (Å²) in [5, 5.41) is 5.35. The van der Waals surface area contributed by atoms with Crippen LogP contribution in [0.25, 0.3) is 5.57 Å². The molecule has 3 aliphatic carbocycles. The van der Waals surface area contributed by atoms with E-state index in [-0.39, 0.29) is 0 Å². The smallest absolute Gasteiger partial charge is 0.0377 e. The van der Waals surface area contributed by atoms with E-state index in [2.05, 4.69) is 54.6 Å². The van der Waals surface area contributed by atoms with Crippen molar-refractivity contribution in [3.8, 4) is 0 Å². The molecule has 1 aromatic rings. The molecule has 4 aliphatic rings. The number of allylic oxidation sites excluding steroid dienone is 5. The third-order valence-electron chi connectivity index (χ3n) is 5.82. The lowest BCUT2D eigenvalue weighted by Gasteiger charge is -2.37. The van der Waals surface area contributed by atoms with Crippen molar-refractivity contribution >= 4 is 28.7 Å². The minimum absolute atomic E-state index is 0.385. The first kappa shape index (κ1) is 11.9. The molecule has 5 rings (SSSR count). The van der Waals surface area contributed by atoms with Gasteiger partial charge in [-0.1, -0.05) is 37.1 Å². The molecule has 20 heavy (non-hydrogen) atoms. The molecule has 0 radical (unpaired) electrons. The Hall–Kier alpha value is -0.730. The average molecular weight is 298 g/mol. The fourth-order valence-electron chi connectivity index (χ4n) is 4.89. The highest BCUT2D eigenvalue weighted by Crippen LogP contribution is 2.66. The molecular formula is C18H18S2. The summed E-state index contributed by atoms with van der Waals surface area (Å²) >= 11 is 4.00. The number of thiophene rings is 1. The molecule has 0 N–H and O–H groups in total. The maximum absolute atomic E-state index is 2.57. The van der Waals surface area contributed by atoms with Crippen molar-refractivity contribution in [3.63, 3.8) is 0 Å².